The van der Waals surface area contributed by atoms with E-state index in [-0.39, 0.29) is 10.8 Å². The van der Waals surface area contributed by atoms with Gasteiger partial charge in [0.25, 0.3) is 0 Å². The second kappa shape index (κ2) is 5.72. The Morgan fingerprint density at radius 2 is 1.89 bits per heavy atom. The summed E-state index contributed by atoms with van der Waals surface area (Å²) in [5.41, 5.74) is 1.63. The lowest BCUT2D eigenvalue weighted by Gasteiger charge is -2.10. The monoisotopic (exact) mass is 296 g/mol. The van der Waals surface area contributed by atoms with E-state index in [2.05, 4.69) is 0 Å². The van der Waals surface area contributed by atoms with E-state index >= 15 is 0 Å². The van der Waals surface area contributed by atoms with Crippen molar-refractivity contribution in [3.8, 4) is 11.1 Å². The van der Waals surface area contributed by atoms with Crippen LogP contribution in [-0.2, 0) is 0 Å². The molecular weight excluding hydrogens is 286 g/mol. The van der Waals surface area contributed by atoms with Gasteiger partial charge in [0.2, 0.25) is 0 Å². The highest BCUT2D eigenvalue weighted by Gasteiger charge is 2.15. The number of halogens is 3. The first-order valence-electron chi connectivity index (χ1n) is 5.81. The molecule has 0 aromatic heterocycles. The predicted octanol–water partition coefficient (Wildman–Crippen LogP) is 5.39. The van der Waals surface area contributed by atoms with E-state index in [0.717, 1.165) is 0 Å². The molecule has 1 nitrogen and oxygen atoms in total. The number of hydrogen-bond acceptors (Lipinski definition) is 1. The Bertz CT molecular complexity index is 638. The molecule has 0 aliphatic rings. The van der Waals surface area contributed by atoms with Gasteiger partial charge in [0, 0.05) is 12.0 Å². The van der Waals surface area contributed by atoms with Gasteiger partial charge in [-0.3, -0.25) is 4.79 Å². The molecule has 2 aromatic rings. The number of hydrogen-bond donors (Lipinski definition) is 0. The van der Waals surface area contributed by atoms with Crippen LogP contribution < -0.4 is 0 Å². The van der Waals surface area contributed by atoms with Crippen LogP contribution in [0.1, 0.15) is 23.7 Å². The minimum absolute atomic E-state index is 0.0501. The molecule has 4 heteroatoms. The third-order valence-electron chi connectivity index (χ3n) is 2.84. The van der Waals surface area contributed by atoms with Crippen molar-refractivity contribution in [3.05, 3.63) is 57.8 Å². The molecule has 2 aromatic carbocycles. The topological polar surface area (TPSA) is 17.1 Å². The van der Waals surface area contributed by atoms with Gasteiger partial charge in [-0.2, -0.15) is 0 Å². The Morgan fingerprint density at radius 3 is 2.53 bits per heavy atom. The highest BCUT2D eigenvalue weighted by atomic mass is 35.5. The molecule has 0 amide bonds. The highest BCUT2D eigenvalue weighted by Crippen LogP contribution is 2.31. The Balaban J connectivity index is 2.65. The molecule has 0 unspecified atom stereocenters. The number of carbonyl (C=O) groups excluding carboxylic acids is 1. The first kappa shape index (κ1) is 14.0. The maximum atomic E-state index is 13.5. The van der Waals surface area contributed by atoms with E-state index in [4.69, 9.17) is 23.2 Å². The van der Waals surface area contributed by atoms with Gasteiger partial charge >= 0.3 is 0 Å². The van der Waals surface area contributed by atoms with Crippen molar-refractivity contribution in [2.24, 2.45) is 0 Å². The normalized spacial score (nSPS) is 10.5. The highest BCUT2D eigenvalue weighted by molar-refractivity contribution is 6.35. The Hall–Kier alpha value is -1.38. The van der Waals surface area contributed by atoms with Crippen LogP contribution >= 0.6 is 23.2 Å². The van der Waals surface area contributed by atoms with Gasteiger partial charge in [-0.25, -0.2) is 4.39 Å². The van der Waals surface area contributed by atoms with Crippen molar-refractivity contribution in [2.45, 2.75) is 13.3 Å². The fraction of sp³-hybridized carbons (Fsp3) is 0.133. The Morgan fingerprint density at radius 1 is 1.16 bits per heavy atom. The van der Waals surface area contributed by atoms with Crippen LogP contribution in [0.3, 0.4) is 0 Å². The molecule has 0 radical (unpaired) electrons. The van der Waals surface area contributed by atoms with E-state index < -0.39 is 5.82 Å². The summed E-state index contributed by atoms with van der Waals surface area (Å²) in [6.45, 7) is 1.76. The van der Waals surface area contributed by atoms with Crippen LogP contribution in [0.5, 0.6) is 0 Å². The van der Waals surface area contributed by atoms with Crippen LogP contribution in [0.15, 0.2) is 36.4 Å². The minimum Gasteiger partial charge on any atom is -0.294 e. The molecule has 0 fully saturated rings. The zero-order valence-corrected chi connectivity index (χ0v) is 11.7. The summed E-state index contributed by atoms with van der Waals surface area (Å²) in [6, 6.07) is 9.57. The van der Waals surface area contributed by atoms with Crippen molar-refractivity contribution in [1.82, 2.24) is 0 Å². The minimum atomic E-state index is -0.519. The molecule has 0 saturated carbocycles. The molecule has 19 heavy (non-hydrogen) atoms. The summed E-state index contributed by atoms with van der Waals surface area (Å²) >= 11 is 11.7. The van der Waals surface area contributed by atoms with E-state index in [1.807, 2.05) is 0 Å². The van der Waals surface area contributed by atoms with Gasteiger partial charge in [0.1, 0.15) is 5.82 Å². The molecular formula is C15H11Cl2FO. The maximum absolute atomic E-state index is 13.5. The van der Waals surface area contributed by atoms with Crippen LogP contribution in [0, 0.1) is 5.82 Å². The molecule has 0 saturated heterocycles. The van der Waals surface area contributed by atoms with Gasteiger partial charge < -0.3 is 0 Å². The lowest BCUT2D eigenvalue weighted by atomic mass is 9.96. The third-order valence-corrected chi connectivity index (χ3v) is 3.47. The van der Waals surface area contributed by atoms with Crippen LogP contribution in [0.2, 0.25) is 10.0 Å². The molecule has 2 rings (SSSR count). The second-order valence-corrected chi connectivity index (χ2v) is 4.88. The summed E-state index contributed by atoms with van der Waals surface area (Å²) < 4.78 is 13.5. The molecule has 0 aliphatic heterocycles. The quantitative estimate of drug-likeness (QED) is 0.694. The van der Waals surface area contributed by atoms with Crippen LogP contribution in [-0.4, -0.2) is 5.78 Å². The molecule has 0 spiro atoms. The number of ketones is 1. The van der Waals surface area contributed by atoms with E-state index in [1.165, 1.54) is 12.1 Å². The molecule has 0 bridgehead atoms. The van der Waals surface area contributed by atoms with Crippen molar-refractivity contribution >= 4 is 29.0 Å². The molecule has 0 heterocycles. The van der Waals surface area contributed by atoms with Crippen molar-refractivity contribution < 1.29 is 9.18 Å². The maximum Gasteiger partial charge on any atom is 0.164 e. The van der Waals surface area contributed by atoms with Crippen molar-refractivity contribution in [1.29, 1.82) is 0 Å². The van der Waals surface area contributed by atoms with Gasteiger partial charge in [-0.1, -0.05) is 48.3 Å². The third kappa shape index (κ3) is 2.80. The lowest BCUT2D eigenvalue weighted by Crippen LogP contribution is -2.01. The number of carbonyl (C=O) groups is 1. The van der Waals surface area contributed by atoms with Crippen LogP contribution in [0.25, 0.3) is 11.1 Å². The number of Topliss-reactive ketones (excluding diaryl/α,β-unsaturated/α-hetero) is 1. The van der Waals surface area contributed by atoms with Crippen molar-refractivity contribution in [2.75, 3.05) is 0 Å². The molecule has 0 aliphatic carbocycles. The predicted molar refractivity (Wildman–Crippen MR) is 76.5 cm³/mol. The smallest absolute Gasteiger partial charge is 0.164 e. The Labute approximate surface area is 121 Å². The molecule has 0 N–H and O–H groups in total. The standard InChI is InChI=1S/C15H11Cl2FO/c1-2-14(19)15-10(4-3-5-12(15)17)9-6-7-11(16)13(18)8-9/h3-8H,2H2,1H3. The average Bonchev–Trinajstić information content (AvgIpc) is 2.41. The summed E-state index contributed by atoms with van der Waals surface area (Å²) in [6.07, 6.45) is 0.340. The zero-order chi connectivity index (χ0) is 14.0. The second-order valence-electron chi connectivity index (χ2n) is 4.07. The first-order valence-corrected chi connectivity index (χ1v) is 6.57. The number of benzene rings is 2. The van der Waals surface area contributed by atoms with Gasteiger partial charge in [0.05, 0.1) is 10.0 Å². The molecule has 0 atom stereocenters. The van der Waals surface area contributed by atoms with Gasteiger partial charge in [-0.15, -0.1) is 0 Å². The lowest BCUT2D eigenvalue weighted by molar-refractivity contribution is 0.0989. The van der Waals surface area contributed by atoms with E-state index in [1.54, 1.807) is 31.2 Å². The average molecular weight is 297 g/mol. The molecule has 98 valence electrons. The van der Waals surface area contributed by atoms with E-state index in [9.17, 15) is 9.18 Å². The van der Waals surface area contributed by atoms with Gasteiger partial charge in [-0.05, 0) is 29.3 Å². The van der Waals surface area contributed by atoms with Gasteiger partial charge in [0.15, 0.2) is 5.78 Å². The fourth-order valence-electron chi connectivity index (χ4n) is 1.89. The Kier molecular flexibility index (Phi) is 4.23. The zero-order valence-electron chi connectivity index (χ0n) is 10.2. The largest absolute Gasteiger partial charge is 0.294 e. The summed E-state index contributed by atoms with van der Waals surface area (Å²) in [7, 11) is 0. The first-order chi connectivity index (χ1) is 9.04. The number of rotatable bonds is 3. The summed E-state index contributed by atoms with van der Waals surface area (Å²) in [5.74, 6) is -0.593. The summed E-state index contributed by atoms with van der Waals surface area (Å²) in [5, 5.41) is 0.425. The summed E-state index contributed by atoms with van der Waals surface area (Å²) in [4.78, 5) is 12.0. The SMILES string of the molecule is CCC(=O)c1c(Cl)cccc1-c1ccc(Cl)c(F)c1. The van der Waals surface area contributed by atoms with Crippen LogP contribution in [0.4, 0.5) is 4.39 Å². The van der Waals surface area contributed by atoms with E-state index in [0.29, 0.717) is 28.1 Å². The fourth-order valence-corrected chi connectivity index (χ4v) is 2.29. The van der Waals surface area contributed by atoms with Crippen molar-refractivity contribution in [3.63, 3.8) is 0 Å².